The van der Waals surface area contributed by atoms with Crippen LogP contribution in [0.5, 0.6) is 0 Å². The molecule has 149 heavy (non-hydrogen) atoms. The molecule has 2 atom stereocenters. The number of carbonyl (C=O) groups is 1. The zero-order valence-corrected chi connectivity index (χ0v) is 96.3. The predicted molar refractivity (Wildman–Crippen MR) is 595 cm³/mol. The summed E-state index contributed by atoms with van der Waals surface area (Å²) >= 11 is 14.7. The van der Waals surface area contributed by atoms with E-state index in [-0.39, 0.29) is 92.0 Å². The molecule has 15 nitrogen and oxygen atoms in total. The molecule has 14 aromatic carbocycles. The van der Waals surface area contributed by atoms with E-state index in [1.165, 1.54) is 154 Å². The summed E-state index contributed by atoms with van der Waals surface area (Å²) in [5.41, 5.74) is 20.0. The molecule has 732 valence electrons. The van der Waals surface area contributed by atoms with Crippen molar-refractivity contribution in [3.63, 3.8) is 0 Å². The monoisotopic (exact) mass is 2820 g/mol. The standard InChI is InChI=1S/2C23H13N2S2.2C23H13NPS2.C12H8N3.C11H7N4.C5H8O2.4Ir/c4*1-3-10-19-17(8-1)25-18-9-2-4-11-20(18)27-22-14-15(13-21(26-19)23(22)25)16-7-5-6-12-24-16;1-2-6-10-9(5-1)14-12(15-10)11-7-3-4-8-13-11;1-2-5-9-8(4-1)14-11(15-9)10-12-6-3-7-13-10;1-4(6)3-5(2)7;;;;/h4*1-13H;1-8H;1-7H;3,6H,1-2H3;;;;/q6*-1;;;;;. The number of nitrogens with zero attached hydrogens (tertiary/aromatic N) is 13. The minimum Gasteiger partial charge on any atom is -0.512 e. The number of hydrogen-bond acceptors (Lipinski definition) is 21. The van der Waals surface area contributed by atoms with Gasteiger partial charge in [-0.1, -0.05) is 270 Å². The van der Waals surface area contributed by atoms with Crippen LogP contribution in [0.25, 0.3) is 90.3 Å². The second-order valence-electron chi connectivity index (χ2n) is 33.4. The van der Waals surface area contributed by atoms with Crippen LogP contribution >= 0.6 is 110 Å². The molecule has 22 aromatic rings. The number of aromatic nitrogens is 11. The Hall–Kier alpha value is -12.1. The summed E-state index contributed by atoms with van der Waals surface area (Å²) in [4.78, 5) is 83.5. The van der Waals surface area contributed by atoms with Crippen molar-refractivity contribution in [2.24, 2.45) is 0 Å². The number of hydrogen-bond donors (Lipinski definition) is 1. The molecule has 2 unspecified atom stereocenters. The average molecular weight is 2820 g/mol. The summed E-state index contributed by atoms with van der Waals surface area (Å²) in [6, 6.07) is 141. The molecule has 4 radical (unpaired) electrons. The van der Waals surface area contributed by atoms with Crippen LogP contribution in [0.15, 0.2) is 498 Å². The second-order valence-corrected chi connectivity index (χ2v) is 46.1. The van der Waals surface area contributed by atoms with Crippen molar-refractivity contribution in [1.29, 1.82) is 0 Å². The van der Waals surface area contributed by atoms with Crippen molar-refractivity contribution in [2.75, 3.05) is 9.80 Å². The van der Waals surface area contributed by atoms with Crippen molar-refractivity contribution in [3.8, 4) is 68.2 Å². The average Bonchev–Trinajstić information content (AvgIpc) is 1.71. The number of fused-ring (bicyclic) bond motifs is 18. The van der Waals surface area contributed by atoms with Crippen molar-refractivity contribution >= 4 is 204 Å². The molecule has 1 N–H and O–H groups in total. The van der Waals surface area contributed by atoms with Gasteiger partial charge in [-0.25, -0.2) is 9.97 Å². The Balaban J connectivity index is 0.000000108. The van der Waals surface area contributed by atoms with Gasteiger partial charge >= 0.3 is 0 Å². The summed E-state index contributed by atoms with van der Waals surface area (Å²) in [7, 11) is -1.05. The summed E-state index contributed by atoms with van der Waals surface area (Å²) < 4.78 is 0. The maximum absolute atomic E-state index is 10.0. The maximum atomic E-state index is 10.0. The van der Waals surface area contributed by atoms with Gasteiger partial charge in [-0.05, 0) is 238 Å². The van der Waals surface area contributed by atoms with Crippen LogP contribution in [0.2, 0.25) is 0 Å². The Morgan fingerprint density at radius 3 is 0.906 bits per heavy atom. The Kier molecular flexibility index (Phi) is 33.0. The summed E-state index contributed by atoms with van der Waals surface area (Å²) in [5.74, 6) is 1.77. The van der Waals surface area contributed by atoms with Crippen LogP contribution < -0.4 is 51.6 Å². The van der Waals surface area contributed by atoms with E-state index in [0.717, 1.165) is 82.6 Å². The van der Waals surface area contributed by atoms with Gasteiger partial charge in [-0.3, -0.25) is 9.78 Å². The third-order valence-corrected chi connectivity index (χ3v) is 39.1. The van der Waals surface area contributed by atoms with E-state index in [1.807, 2.05) is 223 Å². The van der Waals surface area contributed by atoms with Crippen LogP contribution in [-0.4, -0.2) is 55.7 Å². The van der Waals surface area contributed by atoms with Crippen LogP contribution in [0.3, 0.4) is 0 Å². The number of aliphatic hydroxyl groups excluding tert-OH is 1. The van der Waals surface area contributed by atoms with Gasteiger partial charge in [-0.2, -0.15) is 0 Å². The molecule has 16 heterocycles. The quantitative estimate of drug-likeness (QED) is 0.0686. The Bertz CT molecular complexity index is 7530. The van der Waals surface area contributed by atoms with E-state index in [1.54, 1.807) is 48.2 Å². The van der Waals surface area contributed by atoms with E-state index in [9.17, 15) is 4.79 Å². The number of carbonyl (C=O) groups excluding carboxylic acids is 1. The zero-order valence-electron chi connectivity index (χ0n) is 78.4. The molecule has 0 saturated carbocycles. The molecule has 8 aromatic heterocycles. The smallest absolute Gasteiger partial charge is 0.155 e. The SMILES string of the molecule is CC(=O)C=C(C)O.[Ir].[Ir].[Ir].[Ir].[c-]1c(-c2ccccn2)cc2c3c1Sc1ccccc1N3c1ccccc1S2.[c-]1c(-c2ccccn2)cc2c3c1Sc1ccccc1N3c1ccccc1S2.[c-]1c(-c2ccccn2)cc2c3c1Sc1ccccc1P3c1ccccc1S2.[c-]1c(-c2ccccn2)cc2c3c1Sc1ccccc1P3c1ccccc1S2.c1ccc(-c2nc3ccccc3[n-]2)nc1.c1cnc(-c2nc3ccccc3[n-]2)nc1. The first-order chi connectivity index (χ1) is 71.5. The van der Waals surface area contributed by atoms with Crippen molar-refractivity contribution < 1.29 is 90.3 Å². The molecule has 30 rings (SSSR count). The first-order valence-electron chi connectivity index (χ1n) is 46.3. The topological polar surface area (TPSA) is 188 Å². The number of allylic oxidation sites excluding steroid dienone is 2. The molecular weight excluding hydrogens is 2740 g/mol. The van der Waals surface area contributed by atoms with E-state index < -0.39 is 15.8 Å². The Labute approximate surface area is 952 Å². The number of imidazole rings is 2. The van der Waals surface area contributed by atoms with Gasteiger partial charge in [0.05, 0.1) is 34.2 Å². The van der Waals surface area contributed by atoms with Crippen molar-refractivity contribution in [3.05, 3.63) is 443 Å². The van der Waals surface area contributed by atoms with Crippen LogP contribution in [-0.2, 0) is 85.2 Å². The fraction of sp³-hybridized carbons (Fsp3) is 0.0167. The maximum Gasteiger partial charge on any atom is 0.155 e. The normalized spacial score (nSPS) is 13.5. The second kappa shape index (κ2) is 47.2. The molecule has 0 saturated heterocycles. The molecule has 8 aliphatic rings. The first kappa shape index (κ1) is 104. The molecule has 0 bridgehead atoms. The number of ketones is 1. The minimum absolute atomic E-state index is 0. The van der Waals surface area contributed by atoms with Crippen LogP contribution in [0.1, 0.15) is 13.8 Å². The van der Waals surface area contributed by atoms with Gasteiger partial charge in [0.25, 0.3) is 0 Å². The van der Waals surface area contributed by atoms with E-state index in [4.69, 9.17) is 5.11 Å². The first-order valence-corrected chi connectivity index (χ1v) is 55.5. The number of aliphatic hydroxyl groups is 1. The molecular formula is C120H75Ir4N13O2P2S8-6. The summed E-state index contributed by atoms with van der Waals surface area (Å²) in [6.45, 7) is 2.85. The minimum atomic E-state index is -0.526. The van der Waals surface area contributed by atoms with Gasteiger partial charge in [0, 0.05) is 169 Å². The third kappa shape index (κ3) is 21.9. The van der Waals surface area contributed by atoms with Crippen LogP contribution in [0, 0.1) is 24.3 Å². The van der Waals surface area contributed by atoms with E-state index in [2.05, 4.69) is 319 Å². The van der Waals surface area contributed by atoms with E-state index in [0.29, 0.717) is 17.5 Å². The number of rotatable bonds is 7. The zero-order chi connectivity index (χ0) is 97.2. The van der Waals surface area contributed by atoms with Crippen molar-refractivity contribution in [1.82, 2.24) is 54.8 Å². The van der Waals surface area contributed by atoms with Gasteiger partial charge in [0.1, 0.15) is 0 Å². The number of pyridine rings is 5. The molecule has 0 fully saturated rings. The van der Waals surface area contributed by atoms with Gasteiger partial charge < -0.3 is 54.8 Å². The molecule has 8 aliphatic heterocycles. The summed E-state index contributed by atoms with van der Waals surface area (Å²) in [5, 5.41) is 17.2. The fourth-order valence-corrected chi connectivity index (χ4v) is 34.0. The van der Waals surface area contributed by atoms with E-state index >= 15 is 0 Å². The number of benzene rings is 14. The molecule has 0 amide bonds. The van der Waals surface area contributed by atoms with Crippen LogP contribution in [0.4, 0.5) is 34.1 Å². The number of anilines is 6. The number of para-hydroxylation sites is 8. The Morgan fingerprint density at radius 1 is 0.289 bits per heavy atom. The summed E-state index contributed by atoms with van der Waals surface area (Å²) in [6.07, 6.45) is 13.7. The van der Waals surface area contributed by atoms with Gasteiger partial charge in [0.2, 0.25) is 0 Å². The van der Waals surface area contributed by atoms with Gasteiger partial charge in [-0.15, -0.1) is 165 Å². The largest absolute Gasteiger partial charge is 0.512 e. The molecule has 0 aliphatic carbocycles. The predicted octanol–water partition coefficient (Wildman–Crippen LogP) is 29.3. The van der Waals surface area contributed by atoms with Gasteiger partial charge in [0.15, 0.2) is 11.6 Å². The molecule has 0 spiro atoms. The molecule has 29 heteroatoms. The fourth-order valence-electron chi connectivity index (χ4n) is 17.7. The third-order valence-electron chi connectivity index (χ3n) is 23.9. The Morgan fingerprint density at radius 2 is 0.564 bits per heavy atom. The van der Waals surface area contributed by atoms with Crippen molar-refractivity contribution in [2.45, 2.75) is 92.2 Å².